The van der Waals surface area contributed by atoms with Gasteiger partial charge in [-0.15, -0.1) is 16.4 Å². The Bertz CT molecular complexity index is 850. The van der Waals surface area contributed by atoms with E-state index in [1.807, 2.05) is 55.6 Å². The van der Waals surface area contributed by atoms with Crippen molar-refractivity contribution in [3.05, 3.63) is 46.7 Å². The number of carbonyl (C=O) groups excluding carboxylic acids is 1. The Labute approximate surface area is 159 Å². The number of amides is 1. The minimum absolute atomic E-state index is 0.0592. The molecule has 2 heterocycles. The fourth-order valence-electron chi connectivity index (χ4n) is 2.26. The zero-order chi connectivity index (χ0) is 18.4. The number of carbonyl (C=O) groups is 1. The predicted octanol–water partition coefficient (Wildman–Crippen LogP) is 2.92. The van der Waals surface area contributed by atoms with Crippen LogP contribution in [0.3, 0.4) is 0 Å². The zero-order valence-corrected chi connectivity index (χ0v) is 16.1. The molecule has 0 unspecified atom stereocenters. The molecule has 0 fully saturated rings. The average molecular weight is 390 g/mol. The van der Waals surface area contributed by atoms with E-state index in [0.717, 1.165) is 10.6 Å². The van der Waals surface area contributed by atoms with Gasteiger partial charge in [-0.25, -0.2) is 0 Å². The van der Waals surface area contributed by atoms with E-state index in [2.05, 4.69) is 20.8 Å². The lowest BCUT2D eigenvalue weighted by Crippen LogP contribution is -2.30. The Hall–Kier alpha value is -2.39. The van der Waals surface area contributed by atoms with Crippen LogP contribution in [0.5, 0.6) is 5.75 Å². The normalized spacial score (nSPS) is 11.9. The molecule has 0 bridgehead atoms. The smallest absolute Gasteiger partial charge is 0.233 e. The topological polar surface area (TPSA) is 81.9 Å². The number of hydrogen-bond acceptors (Lipinski definition) is 7. The number of ether oxygens (including phenoxy) is 1. The molecule has 26 heavy (non-hydrogen) atoms. The van der Waals surface area contributed by atoms with E-state index in [4.69, 9.17) is 4.74 Å². The summed E-state index contributed by atoms with van der Waals surface area (Å²) in [4.78, 5) is 13.5. The van der Waals surface area contributed by atoms with Crippen LogP contribution in [-0.2, 0) is 11.3 Å². The fourth-order valence-corrected chi connectivity index (χ4v) is 3.73. The maximum atomic E-state index is 12.4. The molecule has 136 valence electrons. The lowest BCUT2D eigenvalue weighted by atomic mass is 10.3. The Morgan fingerprint density at radius 2 is 2.19 bits per heavy atom. The van der Waals surface area contributed by atoms with E-state index in [1.165, 1.54) is 11.8 Å². The molecule has 0 aliphatic heterocycles. The molecule has 0 aliphatic rings. The SMILES string of the molecule is CCOc1ccccc1-n1nnnc1S[C@@H](C)C(=O)NCc1cccs1. The van der Waals surface area contributed by atoms with Crippen molar-refractivity contribution in [1.29, 1.82) is 0 Å². The second-order valence-electron chi connectivity index (χ2n) is 5.33. The number of benzene rings is 1. The first-order valence-corrected chi connectivity index (χ1v) is 9.92. The van der Waals surface area contributed by atoms with Crippen LogP contribution in [0, 0.1) is 0 Å². The summed E-state index contributed by atoms with van der Waals surface area (Å²) in [5.74, 6) is 0.634. The maximum absolute atomic E-state index is 12.4. The largest absolute Gasteiger partial charge is 0.492 e. The Balaban J connectivity index is 1.69. The summed E-state index contributed by atoms with van der Waals surface area (Å²) in [5.41, 5.74) is 0.744. The van der Waals surface area contributed by atoms with E-state index in [1.54, 1.807) is 16.0 Å². The second kappa shape index (κ2) is 8.81. The quantitative estimate of drug-likeness (QED) is 0.597. The predicted molar refractivity (Wildman–Crippen MR) is 102 cm³/mol. The molecule has 1 amide bonds. The molecule has 0 aliphatic carbocycles. The number of hydrogen-bond donors (Lipinski definition) is 1. The van der Waals surface area contributed by atoms with Gasteiger partial charge in [0.1, 0.15) is 11.4 Å². The van der Waals surface area contributed by atoms with Crippen molar-refractivity contribution in [2.24, 2.45) is 0 Å². The van der Waals surface area contributed by atoms with Crippen molar-refractivity contribution >= 4 is 29.0 Å². The van der Waals surface area contributed by atoms with Gasteiger partial charge in [0.15, 0.2) is 0 Å². The molecular formula is C17H19N5O2S2. The summed E-state index contributed by atoms with van der Waals surface area (Å²) in [7, 11) is 0. The minimum atomic E-state index is -0.334. The van der Waals surface area contributed by atoms with Crippen molar-refractivity contribution in [2.75, 3.05) is 6.61 Å². The second-order valence-corrected chi connectivity index (χ2v) is 7.67. The highest BCUT2D eigenvalue weighted by atomic mass is 32.2. The van der Waals surface area contributed by atoms with Gasteiger partial charge in [-0.3, -0.25) is 4.79 Å². The molecule has 0 spiro atoms. The fraction of sp³-hybridized carbons (Fsp3) is 0.294. The summed E-state index contributed by atoms with van der Waals surface area (Å²) in [5, 5.41) is 17.0. The molecule has 1 N–H and O–H groups in total. The van der Waals surface area contributed by atoms with Gasteiger partial charge in [-0.1, -0.05) is 30.0 Å². The molecule has 7 nitrogen and oxygen atoms in total. The molecular weight excluding hydrogens is 370 g/mol. The molecule has 2 aromatic heterocycles. The van der Waals surface area contributed by atoms with Crippen molar-refractivity contribution in [1.82, 2.24) is 25.5 Å². The molecule has 1 aromatic carbocycles. The first-order valence-electron chi connectivity index (χ1n) is 8.16. The number of thioether (sulfide) groups is 1. The van der Waals surface area contributed by atoms with Crippen LogP contribution in [-0.4, -0.2) is 38.0 Å². The summed E-state index contributed by atoms with van der Waals surface area (Å²) >= 11 is 2.92. The summed E-state index contributed by atoms with van der Waals surface area (Å²) in [6.45, 7) is 4.83. The van der Waals surface area contributed by atoms with Crippen LogP contribution in [0.2, 0.25) is 0 Å². The Morgan fingerprint density at radius 1 is 1.35 bits per heavy atom. The van der Waals surface area contributed by atoms with Crippen LogP contribution < -0.4 is 10.1 Å². The monoisotopic (exact) mass is 389 g/mol. The van der Waals surface area contributed by atoms with Gasteiger partial charge >= 0.3 is 0 Å². The number of para-hydroxylation sites is 2. The Morgan fingerprint density at radius 3 is 2.96 bits per heavy atom. The van der Waals surface area contributed by atoms with E-state index < -0.39 is 0 Å². The molecule has 3 aromatic rings. The third-order valence-electron chi connectivity index (χ3n) is 3.50. The average Bonchev–Trinajstić information content (AvgIpc) is 3.32. The number of rotatable bonds is 8. The van der Waals surface area contributed by atoms with E-state index >= 15 is 0 Å². The highest BCUT2D eigenvalue weighted by molar-refractivity contribution is 8.00. The maximum Gasteiger partial charge on any atom is 0.233 e. The number of nitrogens with zero attached hydrogens (tertiary/aromatic N) is 4. The molecule has 0 saturated heterocycles. The molecule has 0 saturated carbocycles. The van der Waals surface area contributed by atoms with Crippen LogP contribution in [0.15, 0.2) is 46.9 Å². The summed E-state index contributed by atoms with van der Waals surface area (Å²) in [6, 6.07) is 11.5. The van der Waals surface area contributed by atoms with Gasteiger partial charge in [0.25, 0.3) is 0 Å². The number of thiophene rings is 1. The van der Waals surface area contributed by atoms with Gasteiger partial charge in [-0.2, -0.15) is 4.68 Å². The van der Waals surface area contributed by atoms with Gasteiger partial charge in [0.2, 0.25) is 11.1 Å². The van der Waals surface area contributed by atoms with Crippen molar-refractivity contribution in [2.45, 2.75) is 30.8 Å². The van der Waals surface area contributed by atoms with Crippen LogP contribution in [0.1, 0.15) is 18.7 Å². The van der Waals surface area contributed by atoms with Crippen LogP contribution in [0.4, 0.5) is 0 Å². The van der Waals surface area contributed by atoms with Gasteiger partial charge in [-0.05, 0) is 47.9 Å². The molecule has 3 rings (SSSR count). The van der Waals surface area contributed by atoms with Gasteiger partial charge < -0.3 is 10.1 Å². The first kappa shape index (κ1) is 18.4. The molecule has 0 radical (unpaired) electrons. The molecule has 1 atom stereocenters. The van der Waals surface area contributed by atoms with E-state index in [0.29, 0.717) is 24.1 Å². The lowest BCUT2D eigenvalue weighted by Gasteiger charge is -2.13. The standard InChI is InChI=1S/C17H19N5O2S2/c1-3-24-15-9-5-4-8-14(15)22-17(19-20-21-22)26-12(2)16(23)18-11-13-7-6-10-25-13/h4-10,12H,3,11H2,1-2H3,(H,18,23)/t12-/m0/s1. The third-order valence-corrected chi connectivity index (χ3v) is 5.41. The van der Waals surface area contributed by atoms with Crippen molar-refractivity contribution in [3.8, 4) is 11.4 Å². The zero-order valence-electron chi connectivity index (χ0n) is 14.5. The number of tetrazole rings is 1. The lowest BCUT2D eigenvalue weighted by molar-refractivity contribution is -0.120. The number of aromatic nitrogens is 4. The van der Waals surface area contributed by atoms with Crippen molar-refractivity contribution < 1.29 is 9.53 Å². The van der Waals surface area contributed by atoms with Crippen molar-refractivity contribution in [3.63, 3.8) is 0 Å². The summed E-state index contributed by atoms with van der Waals surface area (Å²) in [6.07, 6.45) is 0. The van der Waals surface area contributed by atoms with E-state index in [9.17, 15) is 4.79 Å². The first-order chi connectivity index (χ1) is 12.7. The van der Waals surface area contributed by atoms with Crippen LogP contribution in [0.25, 0.3) is 5.69 Å². The Kier molecular flexibility index (Phi) is 6.24. The summed E-state index contributed by atoms with van der Waals surface area (Å²) < 4.78 is 7.24. The van der Waals surface area contributed by atoms with Crippen LogP contribution >= 0.6 is 23.1 Å². The van der Waals surface area contributed by atoms with Gasteiger partial charge in [0.05, 0.1) is 18.4 Å². The highest BCUT2D eigenvalue weighted by Gasteiger charge is 2.20. The molecule has 9 heteroatoms. The highest BCUT2D eigenvalue weighted by Crippen LogP contribution is 2.28. The van der Waals surface area contributed by atoms with E-state index in [-0.39, 0.29) is 11.2 Å². The minimum Gasteiger partial charge on any atom is -0.492 e. The van der Waals surface area contributed by atoms with Gasteiger partial charge in [0, 0.05) is 4.88 Å². The third kappa shape index (κ3) is 4.41. The number of nitrogens with one attached hydrogen (secondary N) is 1.